The van der Waals surface area contributed by atoms with Crippen LogP contribution < -0.4 is 10.2 Å². The van der Waals surface area contributed by atoms with E-state index >= 15 is 0 Å². The molecular weight excluding hydrogens is 318 g/mol. The lowest BCUT2D eigenvalue weighted by Crippen LogP contribution is -2.40. The number of nitrogens with zero attached hydrogens (tertiary/aromatic N) is 2. The molecule has 1 N–H and O–H groups in total. The maximum absolute atomic E-state index is 13.0. The van der Waals surface area contributed by atoms with Crippen molar-refractivity contribution in [2.75, 3.05) is 31.4 Å². The van der Waals surface area contributed by atoms with E-state index in [1.165, 1.54) is 23.3 Å². The Labute approximate surface area is 147 Å². The number of benzene rings is 1. The van der Waals surface area contributed by atoms with Crippen LogP contribution in [0, 0.1) is 0 Å². The molecule has 1 aliphatic heterocycles. The molecule has 1 aliphatic carbocycles. The van der Waals surface area contributed by atoms with Crippen LogP contribution in [0.1, 0.15) is 45.4 Å². The van der Waals surface area contributed by atoms with Gasteiger partial charge in [-0.1, -0.05) is 12.1 Å². The van der Waals surface area contributed by atoms with Crippen LogP contribution in [0.25, 0.3) is 0 Å². The summed E-state index contributed by atoms with van der Waals surface area (Å²) in [7, 11) is 5.97. The van der Waals surface area contributed by atoms with Gasteiger partial charge in [-0.25, -0.2) is 0 Å². The average Bonchev–Trinajstić information content (AvgIpc) is 2.96. The zero-order valence-corrected chi connectivity index (χ0v) is 15.2. The van der Waals surface area contributed by atoms with Crippen molar-refractivity contribution in [1.82, 2.24) is 4.90 Å². The van der Waals surface area contributed by atoms with Crippen molar-refractivity contribution in [1.29, 1.82) is 0 Å². The highest BCUT2D eigenvalue weighted by Gasteiger charge is 2.35. The first-order chi connectivity index (χ1) is 11.6. The lowest BCUT2D eigenvalue weighted by Gasteiger charge is -2.34. The van der Waals surface area contributed by atoms with E-state index in [4.69, 9.17) is 0 Å². The molecule has 0 saturated carbocycles. The summed E-state index contributed by atoms with van der Waals surface area (Å²) >= 11 is 1.78. The van der Waals surface area contributed by atoms with Crippen molar-refractivity contribution < 1.29 is 4.79 Å². The number of rotatable bonds is 2. The monoisotopic (exact) mass is 341 g/mol. The number of hydrogen-bond acceptors (Lipinski definition) is 4. The fraction of sp³-hybridized carbons (Fsp3) is 0.421. The topological polar surface area (TPSA) is 35.6 Å². The van der Waals surface area contributed by atoms with Crippen LogP contribution in [-0.2, 0) is 12.8 Å². The van der Waals surface area contributed by atoms with Crippen LogP contribution in [-0.4, -0.2) is 32.0 Å². The van der Waals surface area contributed by atoms with E-state index in [-0.39, 0.29) is 12.1 Å². The molecule has 2 aromatic rings. The predicted octanol–water partition coefficient (Wildman–Crippen LogP) is 3.89. The molecule has 126 valence electrons. The van der Waals surface area contributed by atoms with Gasteiger partial charge < -0.3 is 15.1 Å². The molecule has 0 radical (unpaired) electrons. The number of anilines is 2. The van der Waals surface area contributed by atoms with Gasteiger partial charge in [0.25, 0.3) is 5.91 Å². The molecule has 1 aromatic carbocycles. The number of amides is 1. The number of fused-ring (bicyclic) bond motifs is 3. The van der Waals surface area contributed by atoms with Crippen molar-refractivity contribution in [3.8, 4) is 0 Å². The van der Waals surface area contributed by atoms with E-state index < -0.39 is 0 Å². The third-order valence-electron chi connectivity index (χ3n) is 5.09. The summed E-state index contributed by atoms with van der Waals surface area (Å²) in [6.07, 6.45) is 4.51. The van der Waals surface area contributed by atoms with Gasteiger partial charge in [-0.2, -0.15) is 0 Å². The summed E-state index contributed by atoms with van der Waals surface area (Å²) in [6.45, 7) is 0. The average molecular weight is 341 g/mol. The molecule has 0 spiro atoms. The van der Waals surface area contributed by atoms with Crippen molar-refractivity contribution >= 4 is 27.9 Å². The van der Waals surface area contributed by atoms with Gasteiger partial charge in [0.15, 0.2) is 0 Å². The van der Waals surface area contributed by atoms with Crippen molar-refractivity contribution in [2.45, 2.75) is 31.8 Å². The predicted molar refractivity (Wildman–Crippen MR) is 100 cm³/mol. The van der Waals surface area contributed by atoms with Gasteiger partial charge in [0, 0.05) is 31.7 Å². The summed E-state index contributed by atoms with van der Waals surface area (Å²) in [5.74, 6) is 0.157. The number of nitrogens with one attached hydrogen (secondary N) is 1. The Morgan fingerprint density at radius 3 is 2.58 bits per heavy atom. The number of thiophene rings is 1. The summed E-state index contributed by atoms with van der Waals surface area (Å²) in [4.78, 5) is 18.3. The zero-order valence-electron chi connectivity index (χ0n) is 14.4. The normalized spacial score (nSPS) is 19.5. The Bertz CT molecular complexity index is 779. The minimum absolute atomic E-state index is 0.0960. The Hall–Kier alpha value is -2.01. The lowest BCUT2D eigenvalue weighted by molar-refractivity contribution is 0.0735. The molecule has 0 unspecified atom stereocenters. The maximum atomic E-state index is 13.0. The highest BCUT2D eigenvalue weighted by Crippen LogP contribution is 2.43. The summed E-state index contributed by atoms with van der Waals surface area (Å²) in [6, 6.07) is 8.42. The summed E-state index contributed by atoms with van der Waals surface area (Å²) in [5.41, 5.74) is 4.51. The first kappa shape index (κ1) is 15.5. The van der Waals surface area contributed by atoms with E-state index in [2.05, 4.69) is 34.5 Å². The fourth-order valence-corrected chi connectivity index (χ4v) is 4.97. The van der Waals surface area contributed by atoms with Gasteiger partial charge >= 0.3 is 0 Å². The fourth-order valence-electron chi connectivity index (χ4n) is 3.67. The minimum atomic E-state index is -0.0960. The lowest BCUT2D eigenvalue weighted by atomic mass is 9.94. The Balaban J connectivity index is 1.69. The third kappa shape index (κ3) is 2.38. The number of hydrogen-bond donors (Lipinski definition) is 1. The number of carbonyl (C=O) groups excluding carboxylic acids is 1. The van der Waals surface area contributed by atoms with E-state index in [1.54, 1.807) is 11.3 Å². The van der Waals surface area contributed by atoms with Crippen LogP contribution in [0.3, 0.4) is 0 Å². The van der Waals surface area contributed by atoms with E-state index in [9.17, 15) is 4.79 Å². The Kier molecular flexibility index (Phi) is 3.76. The van der Waals surface area contributed by atoms with Crippen LogP contribution in [0.4, 0.5) is 10.7 Å². The molecule has 24 heavy (non-hydrogen) atoms. The molecule has 4 rings (SSSR count). The molecule has 2 aliphatic rings. The van der Waals surface area contributed by atoms with Crippen LogP contribution in [0.5, 0.6) is 0 Å². The van der Waals surface area contributed by atoms with Crippen LogP contribution >= 0.6 is 11.3 Å². The van der Waals surface area contributed by atoms with Gasteiger partial charge in [0.2, 0.25) is 0 Å². The maximum Gasteiger partial charge on any atom is 0.258 e. The van der Waals surface area contributed by atoms with Crippen molar-refractivity contribution in [3.05, 3.63) is 45.8 Å². The second kappa shape index (κ2) is 5.81. The molecule has 1 atom stereocenters. The zero-order chi connectivity index (χ0) is 16.8. The molecule has 0 saturated heterocycles. The summed E-state index contributed by atoms with van der Waals surface area (Å²) in [5, 5.41) is 4.67. The smallest absolute Gasteiger partial charge is 0.258 e. The summed E-state index contributed by atoms with van der Waals surface area (Å²) < 4.78 is 0. The highest BCUT2D eigenvalue weighted by molar-refractivity contribution is 7.16. The Morgan fingerprint density at radius 1 is 1.17 bits per heavy atom. The quantitative estimate of drug-likeness (QED) is 0.900. The van der Waals surface area contributed by atoms with Gasteiger partial charge in [0.1, 0.15) is 11.2 Å². The first-order valence-corrected chi connectivity index (χ1v) is 9.33. The minimum Gasteiger partial charge on any atom is -0.378 e. The Morgan fingerprint density at radius 2 is 1.88 bits per heavy atom. The van der Waals surface area contributed by atoms with Crippen LogP contribution in [0.2, 0.25) is 0 Å². The molecule has 1 aromatic heterocycles. The second-order valence-electron chi connectivity index (χ2n) is 6.86. The molecule has 0 fully saturated rings. The van der Waals surface area contributed by atoms with Gasteiger partial charge in [-0.3, -0.25) is 4.79 Å². The van der Waals surface area contributed by atoms with Gasteiger partial charge in [-0.15, -0.1) is 11.3 Å². The van der Waals surface area contributed by atoms with Crippen molar-refractivity contribution in [2.24, 2.45) is 0 Å². The van der Waals surface area contributed by atoms with E-state index in [0.717, 1.165) is 34.7 Å². The standard InChI is InChI=1S/C19H23N3OS/c1-21(2)13-10-8-12(9-11-13)17-20-18-16(19(23)22(17)3)14-6-4-5-7-15(14)24-18/h8-11,17,20H,4-7H2,1-3H3/t17-/m1/s1. The molecular formula is C19H23N3OS. The van der Waals surface area contributed by atoms with E-state index in [0.29, 0.717) is 0 Å². The molecule has 4 nitrogen and oxygen atoms in total. The third-order valence-corrected chi connectivity index (χ3v) is 6.31. The van der Waals surface area contributed by atoms with Crippen molar-refractivity contribution in [3.63, 3.8) is 0 Å². The highest BCUT2D eigenvalue weighted by atomic mass is 32.1. The van der Waals surface area contributed by atoms with Gasteiger partial charge in [-0.05, 0) is 48.9 Å². The van der Waals surface area contributed by atoms with Crippen LogP contribution in [0.15, 0.2) is 24.3 Å². The molecule has 5 heteroatoms. The van der Waals surface area contributed by atoms with E-state index in [1.807, 2.05) is 26.0 Å². The first-order valence-electron chi connectivity index (χ1n) is 8.52. The largest absolute Gasteiger partial charge is 0.378 e. The molecule has 1 amide bonds. The van der Waals surface area contributed by atoms with Gasteiger partial charge in [0.05, 0.1) is 5.56 Å². The number of aryl methyl sites for hydroxylation is 1. The SMILES string of the molecule is CN(C)c1ccc([C@@H]2Nc3sc4c(c3C(=O)N2C)CCCC4)cc1. The second-order valence-corrected chi connectivity index (χ2v) is 7.97. The molecule has 0 bridgehead atoms. The number of carbonyl (C=O) groups is 1. The molecule has 2 heterocycles.